The Hall–Kier alpha value is -2.40. The summed E-state index contributed by atoms with van der Waals surface area (Å²) in [6.45, 7) is 19.3. The van der Waals surface area contributed by atoms with E-state index >= 15 is 0 Å². The van der Waals surface area contributed by atoms with Crippen LogP contribution >= 0.6 is 0 Å². The van der Waals surface area contributed by atoms with Gasteiger partial charge in [0.1, 0.15) is 0 Å². The number of hydrogen-bond donors (Lipinski definition) is 1. The van der Waals surface area contributed by atoms with E-state index in [0.29, 0.717) is 11.8 Å². The number of nitrogens with zero attached hydrogens (tertiary/aromatic N) is 3. The number of aliphatic imine (C=N–C) groups is 1. The van der Waals surface area contributed by atoms with Gasteiger partial charge in [0.25, 0.3) is 0 Å². The fourth-order valence-corrected chi connectivity index (χ4v) is 2.21. The molecule has 1 N–H and O–H groups in total. The van der Waals surface area contributed by atoms with Gasteiger partial charge in [-0.25, -0.2) is 4.98 Å². The molecule has 178 valence electrons. The molecule has 0 saturated carbocycles. The van der Waals surface area contributed by atoms with Crippen LogP contribution in [0.4, 0.5) is 0 Å². The number of aromatic nitrogens is 1. The predicted molar refractivity (Wildman–Crippen MR) is 139 cm³/mol. The second-order valence-corrected chi connectivity index (χ2v) is 6.43. The fraction of sp³-hybridized carbons (Fsp3) is 0.538. The van der Waals surface area contributed by atoms with Crippen molar-refractivity contribution in [1.82, 2.24) is 9.88 Å². The number of aliphatic hydroxyl groups excluding tert-OH is 1. The van der Waals surface area contributed by atoms with Crippen molar-refractivity contribution in [2.75, 3.05) is 34.9 Å². The molecule has 0 saturated heterocycles. The number of ether oxygens (including phenoxy) is 1. The molecule has 5 heteroatoms. The lowest BCUT2D eigenvalue weighted by atomic mass is 10.1. The lowest BCUT2D eigenvalue weighted by Gasteiger charge is -2.20. The lowest BCUT2D eigenvalue weighted by Crippen LogP contribution is -2.22. The Labute approximate surface area is 192 Å². The van der Waals surface area contributed by atoms with Crippen molar-refractivity contribution in [2.24, 2.45) is 4.99 Å². The third-order valence-corrected chi connectivity index (χ3v) is 3.81. The van der Waals surface area contributed by atoms with E-state index in [1.165, 1.54) is 6.42 Å². The van der Waals surface area contributed by atoms with E-state index in [-0.39, 0.29) is 0 Å². The Balaban J connectivity index is -0.000000999. The summed E-state index contributed by atoms with van der Waals surface area (Å²) in [4.78, 5) is 11.0. The Bertz CT molecular complexity index is 663. The van der Waals surface area contributed by atoms with Crippen LogP contribution in [0.3, 0.4) is 0 Å². The van der Waals surface area contributed by atoms with Crippen LogP contribution in [0.15, 0.2) is 47.6 Å². The second-order valence-electron chi connectivity index (χ2n) is 6.43. The van der Waals surface area contributed by atoms with Gasteiger partial charge in [0, 0.05) is 39.0 Å². The standard InChI is InChI=1S/C20H29N3O.C3H8.C2H6.CH4O/c1-8-17(21-5)19(23(6)9-2)12-10-11-16-13-14-18(15(3)4)22-20(16)24-7;1-3-2;2*1-2/h8,10-15H,1,9H2,2-7H3;3H2,1-2H3;1-2H3;2H,1H3/b11-10+,19-12+,21-17?;;;. The largest absolute Gasteiger partial charge is 0.481 e. The van der Waals surface area contributed by atoms with E-state index < -0.39 is 0 Å². The maximum atomic E-state index is 7.00. The molecule has 1 heterocycles. The molecule has 0 aliphatic carbocycles. The van der Waals surface area contributed by atoms with Crippen LogP contribution in [0.2, 0.25) is 0 Å². The van der Waals surface area contributed by atoms with Crippen molar-refractivity contribution < 1.29 is 9.84 Å². The molecule has 0 amide bonds. The van der Waals surface area contributed by atoms with E-state index in [2.05, 4.69) is 56.1 Å². The average molecular weight is 434 g/mol. The molecule has 0 bridgehead atoms. The lowest BCUT2D eigenvalue weighted by molar-refractivity contribution is 0.394. The van der Waals surface area contributed by atoms with Crippen molar-refractivity contribution >= 4 is 11.8 Å². The van der Waals surface area contributed by atoms with Gasteiger partial charge in [-0.15, -0.1) is 0 Å². The molecule has 0 aliphatic heterocycles. The number of methoxy groups -OCH3 is 1. The van der Waals surface area contributed by atoms with Gasteiger partial charge >= 0.3 is 0 Å². The third kappa shape index (κ3) is 13.5. The number of rotatable bonds is 8. The second kappa shape index (κ2) is 22.3. The zero-order valence-electron chi connectivity index (χ0n) is 21.9. The highest BCUT2D eigenvalue weighted by atomic mass is 16.5. The summed E-state index contributed by atoms with van der Waals surface area (Å²) < 4.78 is 5.42. The van der Waals surface area contributed by atoms with Gasteiger partial charge in [-0.05, 0) is 43.2 Å². The maximum absolute atomic E-state index is 7.00. The molecule has 1 aromatic heterocycles. The quantitative estimate of drug-likeness (QED) is 0.382. The predicted octanol–water partition coefficient (Wildman–Crippen LogP) is 6.37. The Kier molecular flexibility index (Phi) is 23.9. The van der Waals surface area contributed by atoms with Crippen molar-refractivity contribution in [3.8, 4) is 5.88 Å². The monoisotopic (exact) mass is 433 g/mol. The topological polar surface area (TPSA) is 58.0 Å². The van der Waals surface area contributed by atoms with Crippen LogP contribution in [-0.4, -0.2) is 55.6 Å². The number of pyridine rings is 1. The molecule has 0 atom stereocenters. The summed E-state index contributed by atoms with van der Waals surface area (Å²) >= 11 is 0. The van der Waals surface area contributed by atoms with Crippen molar-refractivity contribution in [1.29, 1.82) is 0 Å². The van der Waals surface area contributed by atoms with Crippen LogP contribution in [0.25, 0.3) is 6.08 Å². The first-order chi connectivity index (χ1) is 14.9. The van der Waals surface area contributed by atoms with Crippen LogP contribution in [0.5, 0.6) is 5.88 Å². The average Bonchev–Trinajstić information content (AvgIpc) is 2.81. The number of hydrogen-bond acceptors (Lipinski definition) is 5. The Morgan fingerprint density at radius 2 is 1.77 bits per heavy atom. The van der Waals surface area contributed by atoms with Crippen LogP contribution < -0.4 is 4.74 Å². The summed E-state index contributed by atoms with van der Waals surface area (Å²) in [5.41, 5.74) is 3.87. The minimum absolute atomic E-state index is 0.373. The molecule has 1 rings (SSSR count). The van der Waals surface area contributed by atoms with Gasteiger partial charge in [0.2, 0.25) is 5.88 Å². The van der Waals surface area contributed by atoms with Crippen molar-refractivity contribution in [2.45, 2.75) is 60.8 Å². The van der Waals surface area contributed by atoms with E-state index in [1.54, 1.807) is 20.2 Å². The summed E-state index contributed by atoms with van der Waals surface area (Å²) in [6.07, 6.45) is 9.04. The number of allylic oxidation sites excluding steroid dienone is 3. The molecule has 0 aromatic carbocycles. The highest BCUT2D eigenvalue weighted by molar-refractivity contribution is 6.07. The van der Waals surface area contributed by atoms with Gasteiger partial charge in [0.15, 0.2) is 0 Å². The zero-order valence-corrected chi connectivity index (χ0v) is 21.9. The van der Waals surface area contributed by atoms with E-state index in [0.717, 1.165) is 36.3 Å². The maximum Gasteiger partial charge on any atom is 0.220 e. The SMILES string of the molecule is C=CC(=NC)/C(=C\C=C\c1ccc(C(C)C)nc1OC)N(C)CC.CC.CCC.CO. The smallest absolute Gasteiger partial charge is 0.220 e. The van der Waals surface area contributed by atoms with E-state index in [1.807, 2.05) is 51.3 Å². The van der Waals surface area contributed by atoms with Crippen molar-refractivity contribution in [3.63, 3.8) is 0 Å². The van der Waals surface area contributed by atoms with Crippen molar-refractivity contribution in [3.05, 3.63) is 53.9 Å². The van der Waals surface area contributed by atoms with Crippen LogP contribution in [0.1, 0.15) is 72.1 Å². The molecule has 1 aromatic rings. The van der Waals surface area contributed by atoms with Crippen LogP contribution in [0, 0.1) is 0 Å². The third-order valence-electron chi connectivity index (χ3n) is 3.81. The zero-order chi connectivity index (χ0) is 24.8. The minimum atomic E-state index is 0.373. The molecule has 0 radical (unpaired) electrons. The molecule has 5 nitrogen and oxygen atoms in total. The molecule has 0 spiro atoms. The molecular weight excluding hydrogens is 386 g/mol. The van der Waals surface area contributed by atoms with E-state index in [9.17, 15) is 0 Å². The summed E-state index contributed by atoms with van der Waals surface area (Å²) in [6, 6.07) is 4.08. The first-order valence-corrected chi connectivity index (χ1v) is 11.1. The number of aliphatic hydroxyl groups is 1. The van der Waals surface area contributed by atoms with Gasteiger partial charge in [-0.1, -0.05) is 60.6 Å². The molecule has 0 unspecified atom stereocenters. The summed E-state index contributed by atoms with van der Waals surface area (Å²) in [5, 5.41) is 7.00. The Morgan fingerprint density at radius 3 is 2.16 bits per heavy atom. The highest BCUT2D eigenvalue weighted by Crippen LogP contribution is 2.21. The van der Waals surface area contributed by atoms with Gasteiger partial charge in [-0.2, -0.15) is 0 Å². The van der Waals surface area contributed by atoms with Gasteiger partial charge in [-0.3, -0.25) is 4.99 Å². The minimum Gasteiger partial charge on any atom is -0.481 e. The summed E-state index contributed by atoms with van der Waals surface area (Å²) in [5.74, 6) is 1.02. The normalized spacial score (nSPS) is 10.9. The molecule has 31 heavy (non-hydrogen) atoms. The van der Waals surface area contributed by atoms with Crippen LogP contribution in [-0.2, 0) is 0 Å². The highest BCUT2D eigenvalue weighted by Gasteiger charge is 2.08. The molecule has 0 fully saturated rings. The molecular formula is C26H47N3O2. The van der Waals surface area contributed by atoms with E-state index in [4.69, 9.17) is 9.84 Å². The summed E-state index contributed by atoms with van der Waals surface area (Å²) in [7, 11) is 6.46. The fourth-order valence-electron chi connectivity index (χ4n) is 2.21. The van der Waals surface area contributed by atoms with Gasteiger partial charge in [0.05, 0.1) is 18.5 Å². The Morgan fingerprint density at radius 1 is 1.23 bits per heavy atom. The molecule has 0 aliphatic rings. The van der Waals surface area contributed by atoms with Gasteiger partial charge < -0.3 is 14.7 Å². The first-order valence-electron chi connectivity index (χ1n) is 11.1. The first kappa shape index (κ1) is 33.2.